The smallest absolute Gasteiger partial charge is 0.412 e. The predicted octanol–water partition coefficient (Wildman–Crippen LogP) is 3.70. The molecule has 1 N–H and O–H groups in total. The van der Waals surface area contributed by atoms with Gasteiger partial charge in [0.1, 0.15) is 17.5 Å². The molecule has 0 aliphatic heterocycles. The number of halogens is 2. The lowest BCUT2D eigenvalue weighted by Crippen LogP contribution is -2.27. The van der Waals surface area contributed by atoms with Gasteiger partial charge in [-0.05, 0) is 32.9 Å². The van der Waals surface area contributed by atoms with E-state index in [1.54, 1.807) is 26.8 Å². The highest BCUT2D eigenvalue weighted by atomic mass is 35.5. The second-order valence-corrected chi connectivity index (χ2v) is 4.96. The Morgan fingerprint density at radius 3 is 2.61 bits per heavy atom. The summed E-state index contributed by atoms with van der Waals surface area (Å²) in [5, 5.41) is 10.9. The fraction of sp³-hybridized carbons (Fsp3) is 0.333. The van der Waals surface area contributed by atoms with E-state index in [1.807, 2.05) is 0 Å². The van der Waals surface area contributed by atoms with Crippen LogP contribution in [-0.2, 0) is 4.74 Å². The number of nitrogens with one attached hydrogen (secondary N) is 1. The highest BCUT2D eigenvalue weighted by molar-refractivity contribution is 6.32. The summed E-state index contributed by atoms with van der Waals surface area (Å²) in [5.41, 5.74) is -0.811. The molecular weight excluding hydrogens is 259 g/mol. The van der Waals surface area contributed by atoms with E-state index in [-0.39, 0.29) is 16.3 Å². The summed E-state index contributed by atoms with van der Waals surface area (Å²) in [5.74, 6) is -0.748. The summed E-state index contributed by atoms with van der Waals surface area (Å²) in [6.45, 7) is 5.07. The van der Waals surface area contributed by atoms with E-state index in [1.165, 1.54) is 6.07 Å². The first-order valence-corrected chi connectivity index (χ1v) is 5.50. The number of hydrogen-bond acceptors (Lipinski definition) is 3. The average Bonchev–Trinajstić information content (AvgIpc) is 2.20. The van der Waals surface area contributed by atoms with Gasteiger partial charge in [-0.1, -0.05) is 11.6 Å². The van der Waals surface area contributed by atoms with E-state index in [0.717, 1.165) is 6.07 Å². The van der Waals surface area contributed by atoms with Gasteiger partial charge in [-0.3, -0.25) is 5.32 Å². The van der Waals surface area contributed by atoms with Crippen LogP contribution in [0.5, 0.6) is 0 Å². The zero-order chi connectivity index (χ0) is 13.9. The molecule has 1 aromatic carbocycles. The first-order chi connectivity index (χ1) is 8.23. The summed E-state index contributed by atoms with van der Waals surface area (Å²) >= 11 is 5.74. The first kappa shape index (κ1) is 14.3. The zero-order valence-electron chi connectivity index (χ0n) is 10.2. The van der Waals surface area contributed by atoms with Crippen LogP contribution < -0.4 is 5.32 Å². The quantitative estimate of drug-likeness (QED) is 0.846. The maximum atomic E-state index is 13.5. The molecule has 0 unspecified atom stereocenters. The second-order valence-electron chi connectivity index (χ2n) is 4.55. The molecule has 0 saturated carbocycles. The Hall–Kier alpha value is -1.80. The van der Waals surface area contributed by atoms with Gasteiger partial charge in [0.25, 0.3) is 0 Å². The largest absolute Gasteiger partial charge is 0.444 e. The van der Waals surface area contributed by atoms with Crippen molar-refractivity contribution in [3.63, 3.8) is 0 Å². The molecule has 6 heteroatoms. The molecule has 0 saturated heterocycles. The molecule has 0 aliphatic rings. The molecule has 0 aromatic heterocycles. The first-order valence-electron chi connectivity index (χ1n) is 5.12. The Morgan fingerprint density at radius 2 is 2.11 bits per heavy atom. The number of nitrogens with zero attached hydrogens (tertiary/aromatic N) is 1. The Kier molecular flexibility index (Phi) is 4.15. The van der Waals surface area contributed by atoms with E-state index >= 15 is 0 Å². The minimum atomic E-state index is -0.790. The number of ether oxygens (including phenoxy) is 1. The van der Waals surface area contributed by atoms with Gasteiger partial charge < -0.3 is 4.74 Å². The van der Waals surface area contributed by atoms with Crippen molar-refractivity contribution in [2.75, 3.05) is 5.32 Å². The number of hydrogen-bond donors (Lipinski definition) is 1. The van der Waals surface area contributed by atoms with Crippen LogP contribution in [0.25, 0.3) is 0 Å². The van der Waals surface area contributed by atoms with Gasteiger partial charge in [-0.2, -0.15) is 5.26 Å². The molecule has 1 aromatic rings. The summed E-state index contributed by atoms with van der Waals surface area (Å²) in [6.07, 6.45) is -0.790. The normalized spacial score (nSPS) is 10.7. The molecule has 1 rings (SSSR count). The third-order valence-corrected chi connectivity index (χ3v) is 2.13. The van der Waals surface area contributed by atoms with Gasteiger partial charge >= 0.3 is 6.09 Å². The molecule has 96 valence electrons. The van der Waals surface area contributed by atoms with Crippen molar-refractivity contribution in [2.45, 2.75) is 26.4 Å². The Bertz CT molecular complexity index is 518. The topological polar surface area (TPSA) is 62.1 Å². The van der Waals surface area contributed by atoms with Crippen LogP contribution in [0.3, 0.4) is 0 Å². The van der Waals surface area contributed by atoms with E-state index < -0.39 is 17.5 Å². The molecule has 18 heavy (non-hydrogen) atoms. The van der Waals surface area contributed by atoms with E-state index in [2.05, 4.69) is 5.32 Å². The van der Waals surface area contributed by atoms with E-state index in [9.17, 15) is 9.18 Å². The predicted molar refractivity (Wildman–Crippen MR) is 66.0 cm³/mol. The highest BCUT2D eigenvalue weighted by Crippen LogP contribution is 2.24. The van der Waals surface area contributed by atoms with Gasteiger partial charge in [-0.15, -0.1) is 0 Å². The fourth-order valence-electron chi connectivity index (χ4n) is 1.14. The van der Waals surface area contributed by atoms with Crippen molar-refractivity contribution >= 4 is 23.4 Å². The molecule has 0 atom stereocenters. The van der Waals surface area contributed by atoms with Crippen molar-refractivity contribution in [2.24, 2.45) is 0 Å². The summed E-state index contributed by atoms with van der Waals surface area (Å²) < 4.78 is 18.5. The molecule has 0 fully saturated rings. The van der Waals surface area contributed by atoms with Crippen LogP contribution in [0.15, 0.2) is 12.1 Å². The van der Waals surface area contributed by atoms with Crippen LogP contribution >= 0.6 is 11.6 Å². The molecule has 0 bridgehead atoms. The zero-order valence-corrected chi connectivity index (χ0v) is 10.9. The Balaban J connectivity index is 2.90. The van der Waals surface area contributed by atoms with Gasteiger partial charge in [0.05, 0.1) is 16.3 Å². The van der Waals surface area contributed by atoms with Crippen LogP contribution in [0.1, 0.15) is 26.3 Å². The molecule has 0 aliphatic carbocycles. The SMILES string of the molecule is CC(C)(C)OC(=O)Nc1cc(Cl)c(C#N)cc1F. The van der Waals surface area contributed by atoms with Gasteiger partial charge in [0, 0.05) is 0 Å². The standard InChI is InChI=1S/C12H12ClFN2O2/c1-12(2,3)18-11(17)16-10-5-8(13)7(6-15)4-9(10)14/h4-5H,1-3H3,(H,16,17). The molecule has 0 spiro atoms. The number of benzene rings is 1. The van der Waals surface area contributed by atoms with Crippen LogP contribution in [0, 0.1) is 17.1 Å². The molecule has 1 amide bonds. The lowest BCUT2D eigenvalue weighted by atomic mass is 10.2. The molecule has 4 nitrogen and oxygen atoms in total. The van der Waals surface area contributed by atoms with E-state index in [4.69, 9.17) is 21.6 Å². The number of rotatable bonds is 1. The number of carbonyl (C=O) groups is 1. The van der Waals surface area contributed by atoms with Crippen molar-refractivity contribution < 1.29 is 13.9 Å². The lowest BCUT2D eigenvalue weighted by molar-refractivity contribution is 0.0635. The van der Waals surface area contributed by atoms with Crippen LogP contribution in [-0.4, -0.2) is 11.7 Å². The number of nitriles is 1. The number of amides is 1. The lowest BCUT2D eigenvalue weighted by Gasteiger charge is -2.19. The van der Waals surface area contributed by atoms with Crippen LogP contribution in [0.2, 0.25) is 5.02 Å². The van der Waals surface area contributed by atoms with Crippen molar-refractivity contribution in [1.82, 2.24) is 0 Å². The maximum Gasteiger partial charge on any atom is 0.412 e. The van der Waals surface area contributed by atoms with Gasteiger partial charge in [-0.25, -0.2) is 9.18 Å². The van der Waals surface area contributed by atoms with Gasteiger partial charge in [0.2, 0.25) is 0 Å². The third kappa shape index (κ3) is 3.90. The minimum absolute atomic E-state index is 0.00362. The van der Waals surface area contributed by atoms with Crippen LogP contribution in [0.4, 0.5) is 14.9 Å². The Morgan fingerprint density at radius 1 is 1.50 bits per heavy atom. The van der Waals surface area contributed by atoms with Crippen molar-refractivity contribution in [3.05, 3.63) is 28.5 Å². The van der Waals surface area contributed by atoms with E-state index in [0.29, 0.717) is 0 Å². The highest BCUT2D eigenvalue weighted by Gasteiger charge is 2.18. The minimum Gasteiger partial charge on any atom is -0.444 e. The van der Waals surface area contributed by atoms with Crippen molar-refractivity contribution in [3.8, 4) is 6.07 Å². The fourth-order valence-corrected chi connectivity index (χ4v) is 1.35. The maximum absolute atomic E-state index is 13.5. The van der Waals surface area contributed by atoms with Crippen molar-refractivity contribution in [1.29, 1.82) is 5.26 Å². The Labute approximate surface area is 109 Å². The number of anilines is 1. The van der Waals surface area contributed by atoms with Gasteiger partial charge in [0.15, 0.2) is 0 Å². The summed E-state index contributed by atoms with van der Waals surface area (Å²) in [7, 11) is 0. The third-order valence-electron chi connectivity index (χ3n) is 1.81. The second kappa shape index (κ2) is 5.23. The summed E-state index contributed by atoms with van der Waals surface area (Å²) in [6, 6.07) is 3.86. The summed E-state index contributed by atoms with van der Waals surface area (Å²) in [4.78, 5) is 11.4. The monoisotopic (exact) mass is 270 g/mol. The average molecular weight is 271 g/mol. The number of carbonyl (C=O) groups excluding carboxylic acids is 1. The molecule has 0 radical (unpaired) electrons. The molecule has 0 heterocycles. The molecular formula is C12H12ClFN2O2.